The molecule has 0 saturated carbocycles. The van der Waals surface area contributed by atoms with E-state index in [4.69, 9.17) is 4.55 Å². The van der Waals surface area contributed by atoms with Crippen LogP contribution in [0.4, 0.5) is 0 Å². The third-order valence-electron chi connectivity index (χ3n) is 1.87. The zero-order valence-corrected chi connectivity index (χ0v) is 9.81. The number of thiol groups is 1. The molecule has 0 amide bonds. The Morgan fingerprint density at radius 1 is 1.31 bits per heavy atom. The first-order chi connectivity index (χ1) is 5.77. The fourth-order valence-corrected chi connectivity index (χ4v) is 2.09. The zero-order chi connectivity index (χ0) is 10.5. The van der Waals surface area contributed by atoms with Gasteiger partial charge >= 0.3 is 0 Å². The van der Waals surface area contributed by atoms with Crippen LogP contribution in [0, 0.1) is 0 Å². The van der Waals surface area contributed by atoms with Gasteiger partial charge in [-0.05, 0) is 0 Å². The van der Waals surface area contributed by atoms with E-state index in [1.807, 2.05) is 14.1 Å². The fourth-order valence-electron chi connectivity index (χ4n) is 1.06. The third kappa shape index (κ3) is 8.55. The van der Waals surface area contributed by atoms with Gasteiger partial charge in [0.2, 0.25) is 0 Å². The third-order valence-corrected chi connectivity index (χ3v) is 2.88. The normalized spacial score (nSPS) is 13.2. The standard InChI is InChI=1S/C7H17NO3S2/c1-8(2,5-6-12)4-3-7-13(9,10)11/h3-7H2,1-2H3,(H-,9,10,11,12)/p+1. The highest BCUT2D eigenvalue weighted by Crippen LogP contribution is 2.01. The second-order valence-corrected chi connectivity index (χ2v) is 5.77. The molecule has 0 aliphatic rings. The highest BCUT2D eigenvalue weighted by atomic mass is 32.2. The zero-order valence-electron chi connectivity index (χ0n) is 8.10. The van der Waals surface area contributed by atoms with E-state index >= 15 is 0 Å². The molecule has 80 valence electrons. The summed E-state index contributed by atoms with van der Waals surface area (Å²) >= 11 is 4.11. The molecule has 0 radical (unpaired) electrons. The van der Waals surface area contributed by atoms with Gasteiger partial charge in [0, 0.05) is 12.2 Å². The lowest BCUT2D eigenvalue weighted by atomic mass is 10.4. The van der Waals surface area contributed by atoms with Crippen LogP contribution in [0.15, 0.2) is 0 Å². The van der Waals surface area contributed by atoms with Crippen LogP contribution in [-0.4, -0.2) is 56.1 Å². The van der Waals surface area contributed by atoms with Crippen LogP contribution in [0.1, 0.15) is 6.42 Å². The Balaban J connectivity index is 3.76. The van der Waals surface area contributed by atoms with Crippen molar-refractivity contribution in [2.24, 2.45) is 0 Å². The summed E-state index contributed by atoms with van der Waals surface area (Å²) in [5.74, 6) is 0.625. The molecular formula is C7H18NO3S2+. The van der Waals surface area contributed by atoms with Gasteiger partial charge in [-0.1, -0.05) is 0 Å². The molecular weight excluding hydrogens is 210 g/mol. The predicted octanol–water partition coefficient (Wildman–Crippen LogP) is 0.271. The van der Waals surface area contributed by atoms with Gasteiger partial charge in [0.25, 0.3) is 10.1 Å². The Bertz CT molecular complexity index is 236. The molecule has 0 spiro atoms. The van der Waals surface area contributed by atoms with Crippen molar-refractivity contribution in [3.8, 4) is 0 Å². The summed E-state index contributed by atoms with van der Waals surface area (Å²) in [6.45, 7) is 1.63. The Morgan fingerprint density at radius 3 is 2.23 bits per heavy atom. The van der Waals surface area contributed by atoms with Crippen LogP contribution in [-0.2, 0) is 10.1 Å². The van der Waals surface area contributed by atoms with E-state index in [9.17, 15) is 8.42 Å². The van der Waals surface area contributed by atoms with Crippen molar-refractivity contribution in [2.75, 3.05) is 38.7 Å². The van der Waals surface area contributed by atoms with Crippen LogP contribution >= 0.6 is 12.6 Å². The second kappa shape index (κ2) is 5.19. The maximum absolute atomic E-state index is 10.4. The molecule has 0 aromatic rings. The minimum Gasteiger partial charge on any atom is -0.328 e. The van der Waals surface area contributed by atoms with Crippen molar-refractivity contribution in [3.63, 3.8) is 0 Å². The number of rotatable bonds is 6. The van der Waals surface area contributed by atoms with E-state index in [1.54, 1.807) is 0 Å². The van der Waals surface area contributed by atoms with Crippen LogP contribution in [0.25, 0.3) is 0 Å². The predicted molar refractivity (Wildman–Crippen MR) is 56.7 cm³/mol. The minimum atomic E-state index is -3.79. The van der Waals surface area contributed by atoms with Gasteiger partial charge < -0.3 is 4.48 Å². The number of nitrogens with zero attached hydrogens (tertiary/aromatic N) is 1. The second-order valence-electron chi connectivity index (χ2n) is 3.75. The lowest BCUT2D eigenvalue weighted by Crippen LogP contribution is -2.42. The molecule has 6 heteroatoms. The molecule has 0 unspecified atom stereocenters. The lowest BCUT2D eigenvalue weighted by Gasteiger charge is -2.28. The summed E-state index contributed by atoms with van der Waals surface area (Å²) in [6.07, 6.45) is 0.486. The first-order valence-corrected chi connectivity index (χ1v) is 6.39. The number of quaternary nitrogens is 1. The summed E-state index contributed by atoms with van der Waals surface area (Å²) < 4.78 is 30.0. The van der Waals surface area contributed by atoms with Crippen molar-refractivity contribution in [1.82, 2.24) is 0 Å². The molecule has 0 aromatic heterocycles. The average molecular weight is 228 g/mol. The molecule has 0 aromatic carbocycles. The van der Waals surface area contributed by atoms with Gasteiger partial charge in [0.15, 0.2) is 0 Å². The molecule has 0 atom stereocenters. The quantitative estimate of drug-likeness (QED) is 0.390. The van der Waals surface area contributed by atoms with E-state index in [0.29, 0.717) is 6.42 Å². The Kier molecular flexibility index (Phi) is 5.28. The summed E-state index contributed by atoms with van der Waals surface area (Å²) in [6, 6.07) is 0. The van der Waals surface area contributed by atoms with Gasteiger partial charge in [0.1, 0.15) is 0 Å². The Labute approximate surface area is 85.7 Å². The molecule has 0 saturated heterocycles. The van der Waals surface area contributed by atoms with Crippen LogP contribution in [0.2, 0.25) is 0 Å². The molecule has 1 N–H and O–H groups in total. The van der Waals surface area contributed by atoms with Crippen LogP contribution in [0.3, 0.4) is 0 Å². The van der Waals surface area contributed by atoms with Gasteiger partial charge in [-0.15, -0.1) is 0 Å². The summed E-state index contributed by atoms with van der Waals surface area (Å²) in [5.41, 5.74) is 0. The largest absolute Gasteiger partial charge is 0.328 e. The van der Waals surface area contributed by atoms with Crippen molar-refractivity contribution in [1.29, 1.82) is 0 Å². The van der Waals surface area contributed by atoms with Crippen molar-refractivity contribution in [2.45, 2.75) is 6.42 Å². The van der Waals surface area contributed by atoms with E-state index in [1.165, 1.54) is 0 Å². The number of hydrogen-bond donors (Lipinski definition) is 2. The Morgan fingerprint density at radius 2 is 1.85 bits per heavy atom. The smallest absolute Gasteiger partial charge is 0.265 e. The molecule has 0 rings (SSSR count). The van der Waals surface area contributed by atoms with E-state index in [-0.39, 0.29) is 5.75 Å². The maximum atomic E-state index is 10.4. The first-order valence-electron chi connectivity index (χ1n) is 4.15. The summed E-state index contributed by atoms with van der Waals surface area (Å²) in [4.78, 5) is 0. The van der Waals surface area contributed by atoms with Crippen molar-refractivity contribution in [3.05, 3.63) is 0 Å². The minimum absolute atomic E-state index is 0.152. The summed E-state index contributed by atoms with van der Waals surface area (Å²) in [5, 5.41) is 0. The number of hydrogen-bond acceptors (Lipinski definition) is 3. The fraction of sp³-hybridized carbons (Fsp3) is 1.00. The molecule has 13 heavy (non-hydrogen) atoms. The molecule has 0 heterocycles. The lowest BCUT2D eigenvalue weighted by molar-refractivity contribution is -0.887. The van der Waals surface area contributed by atoms with Crippen molar-refractivity contribution >= 4 is 22.7 Å². The first kappa shape index (κ1) is 13.2. The molecule has 0 aliphatic carbocycles. The van der Waals surface area contributed by atoms with E-state index in [2.05, 4.69) is 12.6 Å². The highest BCUT2D eigenvalue weighted by Gasteiger charge is 2.15. The monoisotopic (exact) mass is 228 g/mol. The van der Waals surface area contributed by atoms with Crippen LogP contribution in [0.5, 0.6) is 0 Å². The molecule has 4 nitrogen and oxygen atoms in total. The van der Waals surface area contributed by atoms with Gasteiger partial charge in [-0.2, -0.15) is 21.0 Å². The molecule has 0 aliphatic heterocycles. The van der Waals surface area contributed by atoms with Crippen molar-refractivity contribution < 1.29 is 17.5 Å². The highest BCUT2D eigenvalue weighted by molar-refractivity contribution is 7.85. The topological polar surface area (TPSA) is 54.4 Å². The average Bonchev–Trinajstić information content (AvgIpc) is 1.82. The van der Waals surface area contributed by atoms with Gasteiger partial charge in [-0.3, -0.25) is 4.55 Å². The SMILES string of the molecule is C[N+](C)(CCS)CCCS(=O)(=O)O. The summed E-state index contributed by atoms with van der Waals surface area (Å²) in [7, 11) is 0.238. The van der Waals surface area contributed by atoms with E-state index < -0.39 is 10.1 Å². The Hall–Kier alpha value is 0.220. The van der Waals surface area contributed by atoms with Gasteiger partial charge in [0.05, 0.1) is 32.9 Å². The van der Waals surface area contributed by atoms with Gasteiger partial charge in [-0.25, -0.2) is 0 Å². The molecule has 0 bridgehead atoms. The molecule has 0 fully saturated rings. The maximum Gasteiger partial charge on any atom is 0.265 e. The van der Waals surface area contributed by atoms with E-state index in [0.717, 1.165) is 23.3 Å². The van der Waals surface area contributed by atoms with Crippen LogP contribution < -0.4 is 0 Å².